The van der Waals surface area contributed by atoms with Gasteiger partial charge in [-0.15, -0.1) is 11.3 Å². The molecule has 1 atom stereocenters. The molecule has 5 nitrogen and oxygen atoms in total. The molecule has 1 amide bonds. The molecule has 0 aliphatic carbocycles. The van der Waals surface area contributed by atoms with E-state index in [9.17, 15) is 4.79 Å². The Morgan fingerprint density at radius 2 is 2.50 bits per heavy atom. The summed E-state index contributed by atoms with van der Waals surface area (Å²) in [6.07, 6.45) is 2.85. The minimum Gasteiger partial charge on any atom is -0.357 e. The maximum atomic E-state index is 12.4. The van der Waals surface area contributed by atoms with E-state index in [0.717, 1.165) is 35.8 Å². The summed E-state index contributed by atoms with van der Waals surface area (Å²) in [6.45, 7) is 4.19. The highest BCUT2D eigenvalue weighted by Gasteiger charge is 2.26. The molecule has 3 N–H and O–H groups in total. The third-order valence-corrected chi connectivity index (χ3v) is 4.51. The van der Waals surface area contributed by atoms with E-state index in [0.29, 0.717) is 18.2 Å². The van der Waals surface area contributed by atoms with Crippen LogP contribution in [0.15, 0.2) is 17.6 Å². The van der Waals surface area contributed by atoms with Crippen molar-refractivity contribution < 1.29 is 4.79 Å². The zero-order valence-corrected chi connectivity index (χ0v) is 12.2. The zero-order valence-electron chi connectivity index (χ0n) is 11.4. The van der Waals surface area contributed by atoms with E-state index in [4.69, 9.17) is 5.73 Å². The summed E-state index contributed by atoms with van der Waals surface area (Å²) in [4.78, 5) is 21.8. The minimum atomic E-state index is 0.0548. The van der Waals surface area contributed by atoms with Gasteiger partial charge >= 0.3 is 0 Å². The number of nitrogens with one attached hydrogen (secondary N) is 1. The van der Waals surface area contributed by atoms with Crippen molar-refractivity contribution in [3.63, 3.8) is 0 Å². The number of thiazole rings is 1. The van der Waals surface area contributed by atoms with Gasteiger partial charge in [0.05, 0.1) is 10.7 Å². The van der Waals surface area contributed by atoms with Crippen molar-refractivity contribution in [3.8, 4) is 11.3 Å². The van der Waals surface area contributed by atoms with Crippen LogP contribution in [0.2, 0.25) is 0 Å². The lowest BCUT2D eigenvalue weighted by molar-refractivity contribution is 0.0782. The van der Waals surface area contributed by atoms with Crippen LogP contribution in [0.5, 0.6) is 0 Å². The predicted octanol–water partition coefficient (Wildman–Crippen LogP) is 1.87. The summed E-state index contributed by atoms with van der Waals surface area (Å²) >= 11 is 1.61. The fourth-order valence-electron chi connectivity index (χ4n) is 2.54. The van der Waals surface area contributed by atoms with Crippen LogP contribution in [0.25, 0.3) is 11.3 Å². The molecule has 2 aromatic rings. The molecule has 2 aromatic heterocycles. The van der Waals surface area contributed by atoms with Crippen LogP contribution in [0, 0.1) is 12.8 Å². The molecule has 3 rings (SSSR count). The lowest BCUT2D eigenvalue weighted by Crippen LogP contribution is -2.30. The number of amides is 1. The van der Waals surface area contributed by atoms with Crippen molar-refractivity contribution in [2.45, 2.75) is 13.3 Å². The standard InChI is InChI=1S/C14H18N4OS/c1-9-17-13(8-20-9)11-4-12(16-6-11)14(19)18-3-2-10(5-15)7-18/h4,6,8,10,16H,2-3,5,7,15H2,1H3. The number of carbonyl (C=O) groups excluding carboxylic acids is 1. The predicted molar refractivity (Wildman–Crippen MR) is 79.7 cm³/mol. The number of nitrogens with zero attached hydrogens (tertiary/aromatic N) is 2. The van der Waals surface area contributed by atoms with Gasteiger partial charge in [-0.3, -0.25) is 4.79 Å². The first-order valence-electron chi connectivity index (χ1n) is 6.77. The molecule has 20 heavy (non-hydrogen) atoms. The highest BCUT2D eigenvalue weighted by atomic mass is 32.1. The number of aryl methyl sites for hydroxylation is 1. The maximum Gasteiger partial charge on any atom is 0.270 e. The van der Waals surface area contributed by atoms with Crippen molar-refractivity contribution in [2.75, 3.05) is 19.6 Å². The third kappa shape index (κ3) is 2.48. The van der Waals surface area contributed by atoms with Gasteiger partial charge in [0.1, 0.15) is 5.69 Å². The normalized spacial score (nSPS) is 18.7. The van der Waals surface area contributed by atoms with Gasteiger partial charge in [-0.25, -0.2) is 4.98 Å². The molecule has 0 aromatic carbocycles. The lowest BCUT2D eigenvalue weighted by atomic mass is 10.1. The summed E-state index contributed by atoms with van der Waals surface area (Å²) in [5.74, 6) is 0.494. The number of rotatable bonds is 3. The molecule has 0 saturated carbocycles. The Morgan fingerprint density at radius 3 is 3.15 bits per heavy atom. The molecule has 1 aliphatic heterocycles. The van der Waals surface area contributed by atoms with Gasteiger partial charge in [-0.2, -0.15) is 0 Å². The molecule has 0 radical (unpaired) electrons. The molecule has 1 fully saturated rings. The summed E-state index contributed by atoms with van der Waals surface area (Å²) in [5, 5.41) is 3.03. The van der Waals surface area contributed by atoms with Crippen molar-refractivity contribution in [3.05, 3.63) is 28.3 Å². The Balaban J connectivity index is 1.75. The first-order valence-corrected chi connectivity index (χ1v) is 7.65. The number of likely N-dealkylation sites (tertiary alicyclic amines) is 1. The fraction of sp³-hybridized carbons (Fsp3) is 0.429. The Hall–Kier alpha value is -1.66. The lowest BCUT2D eigenvalue weighted by Gasteiger charge is -2.14. The second-order valence-corrected chi connectivity index (χ2v) is 6.26. The van der Waals surface area contributed by atoms with Crippen molar-refractivity contribution in [2.24, 2.45) is 11.7 Å². The Labute approximate surface area is 121 Å². The van der Waals surface area contributed by atoms with Crippen LogP contribution in [-0.4, -0.2) is 40.4 Å². The average molecular weight is 290 g/mol. The molecular formula is C14H18N4OS. The highest BCUT2D eigenvalue weighted by Crippen LogP contribution is 2.24. The van der Waals surface area contributed by atoms with Crippen LogP contribution < -0.4 is 5.73 Å². The number of H-pyrrole nitrogens is 1. The van der Waals surface area contributed by atoms with Crippen LogP contribution in [-0.2, 0) is 0 Å². The Morgan fingerprint density at radius 1 is 1.65 bits per heavy atom. The smallest absolute Gasteiger partial charge is 0.270 e. The summed E-state index contributed by atoms with van der Waals surface area (Å²) in [6, 6.07) is 1.88. The van der Waals surface area contributed by atoms with E-state index in [1.54, 1.807) is 11.3 Å². The van der Waals surface area contributed by atoms with Crippen LogP contribution in [0.3, 0.4) is 0 Å². The van der Waals surface area contributed by atoms with Crippen LogP contribution in [0.1, 0.15) is 21.9 Å². The van der Waals surface area contributed by atoms with E-state index >= 15 is 0 Å². The first kappa shape index (κ1) is 13.3. The molecule has 0 bridgehead atoms. The SMILES string of the molecule is Cc1nc(-c2c[nH]c(C(=O)N3CCC(CN)C3)c2)cs1. The van der Waals surface area contributed by atoms with Crippen molar-refractivity contribution in [1.82, 2.24) is 14.9 Å². The molecule has 1 aliphatic rings. The second-order valence-electron chi connectivity index (χ2n) is 5.20. The van der Waals surface area contributed by atoms with E-state index in [-0.39, 0.29) is 5.91 Å². The zero-order chi connectivity index (χ0) is 14.1. The minimum absolute atomic E-state index is 0.0548. The number of aromatic nitrogens is 2. The van der Waals surface area contributed by atoms with Gasteiger partial charge in [0, 0.05) is 30.2 Å². The topological polar surface area (TPSA) is 75.0 Å². The number of nitrogens with two attached hydrogens (primary N) is 1. The molecular weight excluding hydrogens is 272 g/mol. The van der Waals surface area contributed by atoms with Gasteiger partial charge in [-0.1, -0.05) is 0 Å². The van der Waals surface area contributed by atoms with Gasteiger partial charge in [0.2, 0.25) is 0 Å². The third-order valence-electron chi connectivity index (χ3n) is 3.73. The number of carbonyl (C=O) groups is 1. The summed E-state index contributed by atoms with van der Waals surface area (Å²) in [5.41, 5.74) is 8.18. The summed E-state index contributed by atoms with van der Waals surface area (Å²) < 4.78 is 0. The number of hydrogen-bond donors (Lipinski definition) is 2. The van der Waals surface area contributed by atoms with Gasteiger partial charge < -0.3 is 15.6 Å². The molecule has 3 heterocycles. The van der Waals surface area contributed by atoms with Crippen molar-refractivity contribution >= 4 is 17.2 Å². The van der Waals surface area contributed by atoms with Gasteiger partial charge in [-0.05, 0) is 31.9 Å². The molecule has 1 saturated heterocycles. The van der Waals surface area contributed by atoms with E-state index in [2.05, 4.69) is 9.97 Å². The number of aromatic amines is 1. The van der Waals surface area contributed by atoms with E-state index < -0.39 is 0 Å². The average Bonchev–Trinajstić information content (AvgIpc) is 3.17. The Bertz CT molecular complexity index is 618. The van der Waals surface area contributed by atoms with Crippen LogP contribution in [0.4, 0.5) is 0 Å². The molecule has 1 unspecified atom stereocenters. The van der Waals surface area contributed by atoms with Crippen molar-refractivity contribution in [1.29, 1.82) is 0 Å². The van der Waals surface area contributed by atoms with E-state index in [1.165, 1.54) is 0 Å². The molecule has 106 valence electrons. The molecule has 0 spiro atoms. The maximum absolute atomic E-state index is 12.4. The second kappa shape index (κ2) is 5.38. The first-order chi connectivity index (χ1) is 9.67. The fourth-order valence-corrected chi connectivity index (χ4v) is 3.16. The van der Waals surface area contributed by atoms with Gasteiger partial charge in [0.15, 0.2) is 0 Å². The van der Waals surface area contributed by atoms with Crippen LogP contribution >= 0.6 is 11.3 Å². The Kier molecular flexibility index (Phi) is 3.58. The van der Waals surface area contributed by atoms with E-state index in [1.807, 2.05) is 29.5 Å². The van der Waals surface area contributed by atoms with Gasteiger partial charge in [0.25, 0.3) is 5.91 Å². The quantitative estimate of drug-likeness (QED) is 0.906. The monoisotopic (exact) mass is 290 g/mol. The number of hydrogen-bond acceptors (Lipinski definition) is 4. The largest absolute Gasteiger partial charge is 0.357 e. The highest BCUT2D eigenvalue weighted by molar-refractivity contribution is 7.09. The molecule has 6 heteroatoms. The summed E-state index contributed by atoms with van der Waals surface area (Å²) in [7, 11) is 0.